The van der Waals surface area contributed by atoms with Crippen LogP contribution >= 0.6 is 7.82 Å². The summed E-state index contributed by atoms with van der Waals surface area (Å²) in [5.41, 5.74) is 0. The van der Waals surface area contributed by atoms with E-state index < -0.39 is 20.0 Å². The standard InChI is InChI=1S/C70H137N2O6P/c1-6-8-10-12-14-16-18-20-22-24-26-28-29-30-31-32-33-34-35-36-37-38-39-40-41-42-43-44-46-48-50-52-54-56-58-60-62-64-70(74)71-68(67-78-79(75,76)77-66-65-72(3,4)5)69(73)63-61-59-57-55-53-51-49-47-45-27-25-23-21-19-17-15-13-11-9-7-2/h24,26,53,55,61,63,68-69,73H,6-23,25,27-52,54,56-60,62,64-67H2,1-5H3,(H-,71,74,75,76)/b26-24-,55-53+,63-61+. The summed E-state index contributed by atoms with van der Waals surface area (Å²) in [6.07, 6.45) is 81.4. The molecule has 0 rings (SSSR count). The minimum Gasteiger partial charge on any atom is -0.756 e. The molecule has 0 aliphatic rings. The van der Waals surface area contributed by atoms with Crippen molar-refractivity contribution in [1.29, 1.82) is 0 Å². The largest absolute Gasteiger partial charge is 0.756 e. The fourth-order valence-electron chi connectivity index (χ4n) is 10.6. The first-order valence-electron chi connectivity index (χ1n) is 34.9. The predicted octanol–water partition coefficient (Wildman–Crippen LogP) is 21.4. The van der Waals surface area contributed by atoms with Crippen molar-refractivity contribution in [3.63, 3.8) is 0 Å². The van der Waals surface area contributed by atoms with Gasteiger partial charge in [-0.15, -0.1) is 0 Å². The summed E-state index contributed by atoms with van der Waals surface area (Å²) in [5, 5.41) is 13.9. The van der Waals surface area contributed by atoms with Crippen LogP contribution in [0.4, 0.5) is 0 Å². The first-order chi connectivity index (χ1) is 38.5. The van der Waals surface area contributed by atoms with E-state index in [9.17, 15) is 19.4 Å². The topological polar surface area (TPSA) is 108 Å². The van der Waals surface area contributed by atoms with Crippen molar-refractivity contribution in [3.05, 3.63) is 36.5 Å². The van der Waals surface area contributed by atoms with Crippen molar-refractivity contribution in [1.82, 2.24) is 5.32 Å². The van der Waals surface area contributed by atoms with Crippen molar-refractivity contribution in [2.45, 2.75) is 366 Å². The van der Waals surface area contributed by atoms with Gasteiger partial charge in [0.05, 0.1) is 39.9 Å². The number of aliphatic hydroxyl groups excluding tert-OH is 1. The lowest BCUT2D eigenvalue weighted by Gasteiger charge is -2.29. The number of phosphoric acid groups is 1. The van der Waals surface area contributed by atoms with Crippen LogP contribution in [0.25, 0.3) is 0 Å². The minimum atomic E-state index is -4.61. The number of nitrogens with one attached hydrogen (secondary N) is 1. The zero-order valence-corrected chi connectivity index (χ0v) is 54.5. The number of carbonyl (C=O) groups excluding carboxylic acids is 1. The van der Waals surface area contributed by atoms with Gasteiger partial charge >= 0.3 is 0 Å². The summed E-state index contributed by atoms with van der Waals surface area (Å²) >= 11 is 0. The summed E-state index contributed by atoms with van der Waals surface area (Å²) in [6, 6.07) is -0.902. The molecule has 3 atom stereocenters. The van der Waals surface area contributed by atoms with Gasteiger partial charge in [-0.3, -0.25) is 9.36 Å². The number of amides is 1. The third-order valence-electron chi connectivity index (χ3n) is 16.1. The molecule has 2 N–H and O–H groups in total. The Morgan fingerprint density at radius 3 is 1.03 bits per heavy atom. The third kappa shape index (κ3) is 64.1. The Morgan fingerprint density at radius 1 is 0.430 bits per heavy atom. The van der Waals surface area contributed by atoms with E-state index in [0.717, 1.165) is 38.5 Å². The number of allylic oxidation sites excluding steroid dienone is 5. The number of carbonyl (C=O) groups is 1. The van der Waals surface area contributed by atoms with Gasteiger partial charge in [0.2, 0.25) is 5.91 Å². The van der Waals surface area contributed by atoms with Crippen LogP contribution in [0.2, 0.25) is 0 Å². The average molecular weight is 1130 g/mol. The molecule has 0 heterocycles. The normalized spacial score (nSPS) is 13.9. The SMILES string of the molecule is CCCCCCCCCC/C=C\CCCCCCCCCCCCCCCCCCCCCCCCCCCC(=O)NC(COP(=O)([O-])OCC[N+](C)(C)C)C(O)/C=C/CC/C=C/CCCCCCCCCCCCCCCC. The van der Waals surface area contributed by atoms with Crippen molar-refractivity contribution in [3.8, 4) is 0 Å². The Morgan fingerprint density at radius 2 is 0.709 bits per heavy atom. The summed E-state index contributed by atoms with van der Waals surface area (Å²) in [4.78, 5) is 25.6. The molecule has 0 radical (unpaired) electrons. The number of quaternary nitrogens is 1. The molecule has 79 heavy (non-hydrogen) atoms. The Bertz CT molecular complexity index is 1380. The first-order valence-corrected chi connectivity index (χ1v) is 36.3. The maximum atomic E-state index is 13.0. The third-order valence-corrected chi connectivity index (χ3v) is 17.0. The highest BCUT2D eigenvalue weighted by atomic mass is 31.2. The lowest BCUT2D eigenvalue weighted by Crippen LogP contribution is -2.45. The number of hydrogen-bond donors (Lipinski definition) is 2. The second-order valence-corrected chi connectivity index (χ2v) is 26.6. The maximum absolute atomic E-state index is 13.0. The second-order valence-electron chi connectivity index (χ2n) is 25.2. The van der Waals surface area contributed by atoms with Crippen molar-refractivity contribution in [2.24, 2.45) is 0 Å². The van der Waals surface area contributed by atoms with Gasteiger partial charge in [0.25, 0.3) is 7.82 Å². The molecule has 8 nitrogen and oxygen atoms in total. The lowest BCUT2D eigenvalue weighted by molar-refractivity contribution is -0.870. The van der Waals surface area contributed by atoms with Crippen molar-refractivity contribution < 1.29 is 32.9 Å². The molecule has 1 amide bonds. The van der Waals surface area contributed by atoms with Gasteiger partial charge in [-0.2, -0.15) is 0 Å². The number of unbranched alkanes of at least 4 members (excludes halogenated alkanes) is 48. The van der Waals surface area contributed by atoms with E-state index in [1.54, 1.807) is 6.08 Å². The molecule has 0 aliphatic carbocycles. The molecule has 0 spiro atoms. The smallest absolute Gasteiger partial charge is 0.268 e. The Kier molecular flexibility index (Phi) is 60.3. The highest BCUT2D eigenvalue weighted by Gasteiger charge is 2.23. The quantitative estimate of drug-likeness (QED) is 0.0272. The summed E-state index contributed by atoms with van der Waals surface area (Å²) in [5.74, 6) is -0.200. The molecule has 0 fully saturated rings. The van der Waals surface area contributed by atoms with Crippen LogP contribution in [0, 0.1) is 0 Å². The van der Waals surface area contributed by atoms with Gasteiger partial charge in [0.1, 0.15) is 13.2 Å². The Hall–Kier alpha value is -1.28. The highest BCUT2D eigenvalue weighted by Crippen LogP contribution is 2.38. The van der Waals surface area contributed by atoms with Crippen LogP contribution in [0.15, 0.2) is 36.5 Å². The number of hydrogen-bond acceptors (Lipinski definition) is 6. The van der Waals surface area contributed by atoms with Gasteiger partial charge < -0.3 is 28.8 Å². The molecule has 0 aromatic heterocycles. The minimum absolute atomic E-state index is 0.00427. The van der Waals surface area contributed by atoms with Crippen LogP contribution in [0.5, 0.6) is 0 Å². The van der Waals surface area contributed by atoms with Crippen LogP contribution in [0.3, 0.4) is 0 Å². The number of phosphoric ester groups is 1. The molecule has 0 aliphatic heterocycles. The lowest BCUT2D eigenvalue weighted by atomic mass is 10.0. The van der Waals surface area contributed by atoms with E-state index >= 15 is 0 Å². The predicted molar refractivity (Wildman–Crippen MR) is 344 cm³/mol. The van der Waals surface area contributed by atoms with Gasteiger partial charge in [0.15, 0.2) is 0 Å². The molecular formula is C70H137N2O6P. The fraction of sp³-hybridized carbons (Fsp3) is 0.900. The van der Waals surface area contributed by atoms with Crippen LogP contribution in [0.1, 0.15) is 354 Å². The Labute approximate surface area is 493 Å². The van der Waals surface area contributed by atoms with Crippen molar-refractivity contribution in [2.75, 3.05) is 40.9 Å². The molecule has 0 bridgehead atoms. The summed E-state index contributed by atoms with van der Waals surface area (Å²) in [7, 11) is 1.26. The molecular weight excluding hydrogens is 996 g/mol. The summed E-state index contributed by atoms with van der Waals surface area (Å²) in [6.45, 7) is 4.68. The second kappa shape index (κ2) is 61.3. The number of rotatable bonds is 65. The molecule has 9 heteroatoms. The summed E-state index contributed by atoms with van der Waals surface area (Å²) < 4.78 is 23.4. The van der Waals surface area contributed by atoms with E-state index in [0.29, 0.717) is 17.4 Å². The zero-order valence-electron chi connectivity index (χ0n) is 53.6. The van der Waals surface area contributed by atoms with Gasteiger partial charge in [-0.1, -0.05) is 326 Å². The molecule has 0 aromatic rings. The molecule has 0 saturated carbocycles. The van der Waals surface area contributed by atoms with E-state index in [1.807, 2.05) is 27.2 Å². The maximum Gasteiger partial charge on any atom is 0.268 e. The molecule has 0 saturated heterocycles. The molecule has 3 unspecified atom stereocenters. The van der Waals surface area contributed by atoms with Gasteiger partial charge in [0, 0.05) is 6.42 Å². The zero-order chi connectivity index (χ0) is 57.7. The van der Waals surface area contributed by atoms with Crippen LogP contribution < -0.4 is 10.2 Å². The number of aliphatic hydroxyl groups is 1. The Balaban J connectivity index is 3.97. The van der Waals surface area contributed by atoms with E-state index in [1.165, 1.54) is 295 Å². The fourth-order valence-corrected chi connectivity index (χ4v) is 11.4. The van der Waals surface area contributed by atoms with E-state index in [2.05, 4.69) is 43.5 Å². The molecule has 468 valence electrons. The van der Waals surface area contributed by atoms with E-state index in [4.69, 9.17) is 9.05 Å². The van der Waals surface area contributed by atoms with Gasteiger partial charge in [-0.05, 0) is 57.8 Å². The monoisotopic (exact) mass is 1130 g/mol. The number of nitrogens with zero attached hydrogens (tertiary/aromatic N) is 1. The highest BCUT2D eigenvalue weighted by molar-refractivity contribution is 7.45. The van der Waals surface area contributed by atoms with Gasteiger partial charge in [-0.25, -0.2) is 0 Å². The van der Waals surface area contributed by atoms with Crippen LogP contribution in [-0.4, -0.2) is 68.5 Å². The average Bonchev–Trinajstić information content (AvgIpc) is 3.42. The number of likely N-dealkylation sites (N-methyl/N-ethyl adjacent to an activating group) is 1. The van der Waals surface area contributed by atoms with Crippen LogP contribution in [-0.2, 0) is 18.4 Å². The van der Waals surface area contributed by atoms with Crippen molar-refractivity contribution >= 4 is 13.7 Å². The molecule has 0 aromatic carbocycles. The first kappa shape index (κ1) is 77.7. The van der Waals surface area contributed by atoms with E-state index in [-0.39, 0.29) is 19.1 Å².